The molecule has 324 valence electrons. The molecule has 0 aliphatic carbocycles. The molecule has 0 spiro atoms. The third kappa shape index (κ3) is 6.16. The van der Waals surface area contributed by atoms with E-state index in [4.69, 9.17) is 4.42 Å². The zero-order valence-corrected chi connectivity index (χ0v) is 37.6. The highest BCUT2D eigenvalue weighted by atomic mass is 16.3. The van der Waals surface area contributed by atoms with Crippen LogP contribution in [0.5, 0.6) is 0 Å². The summed E-state index contributed by atoms with van der Waals surface area (Å²) in [6.45, 7) is 0. The van der Waals surface area contributed by atoms with Crippen molar-refractivity contribution < 1.29 is 4.42 Å². The van der Waals surface area contributed by atoms with Crippen molar-refractivity contribution in [2.24, 2.45) is 0 Å². The highest BCUT2D eigenvalue weighted by Gasteiger charge is 2.19. The second kappa shape index (κ2) is 15.5. The number of rotatable bonds is 8. The van der Waals surface area contributed by atoms with Gasteiger partial charge in [-0.1, -0.05) is 121 Å². The molecule has 0 fully saturated rings. The normalized spacial score (nSPS) is 11.9. The van der Waals surface area contributed by atoms with Crippen LogP contribution in [0.3, 0.4) is 0 Å². The number of aromatic nitrogens is 3. The van der Waals surface area contributed by atoms with Gasteiger partial charge in [0, 0.05) is 65.7 Å². The van der Waals surface area contributed by atoms with Crippen LogP contribution in [0.15, 0.2) is 223 Å². The van der Waals surface area contributed by atoms with Crippen molar-refractivity contribution in [1.82, 2.24) is 13.7 Å². The van der Waals surface area contributed by atoms with Crippen LogP contribution in [-0.4, -0.2) is 13.7 Å². The maximum absolute atomic E-state index is 9.54. The molecule has 0 bridgehead atoms. The summed E-state index contributed by atoms with van der Waals surface area (Å²) >= 11 is 0. The number of hydrogen-bond donors (Lipinski definition) is 0. The van der Waals surface area contributed by atoms with Gasteiger partial charge in [0.2, 0.25) is 0 Å². The first-order valence-corrected chi connectivity index (χ1v) is 23.8. The molecule has 0 radical (unpaired) electrons. The number of fused-ring (bicyclic) bond motifs is 12. The summed E-state index contributed by atoms with van der Waals surface area (Å²) in [5.41, 5.74) is 17.8. The Kier molecular flexibility index (Phi) is 8.77. The minimum absolute atomic E-state index is 0.628. The van der Waals surface area contributed by atoms with Gasteiger partial charge in [0.15, 0.2) is 0 Å². The Morgan fingerprint density at radius 1 is 0.362 bits per heavy atom. The van der Waals surface area contributed by atoms with Gasteiger partial charge in [0.05, 0.1) is 44.7 Å². The molecule has 69 heavy (non-hydrogen) atoms. The number of nitriles is 1. The molecule has 0 aliphatic heterocycles. The van der Waals surface area contributed by atoms with Gasteiger partial charge in [0.25, 0.3) is 0 Å². The summed E-state index contributed by atoms with van der Waals surface area (Å²) in [4.78, 5) is 0. The molecule has 0 amide bonds. The molecule has 5 heteroatoms. The van der Waals surface area contributed by atoms with Crippen LogP contribution in [0, 0.1) is 11.3 Å². The molecule has 14 rings (SSSR count). The summed E-state index contributed by atoms with van der Waals surface area (Å²) in [6.07, 6.45) is 3.08. The van der Waals surface area contributed by atoms with Crippen molar-refractivity contribution >= 4 is 87.4 Å². The molecule has 4 aromatic heterocycles. The van der Waals surface area contributed by atoms with Crippen LogP contribution >= 0.6 is 0 Å². The Bertz CT molecular complexity index is 4350. The SMILES string of the molecule is N#Cc1ccc2oc3c(-c4ccc5c(c4)c4ccccc4n5-c4ccc(CCCc5ccc(-n6c7ccccc7c7cc(-n8c9ccccc9c9ccccc98)ccc76)cc5)cc4)cccc3c2c1. The summed E-state index contributed by atoms with van der Waals surface area (Å²) in [7, 11) is 0. The average molecular weight is 883 g/mol. The van der Waals surface area contributed by atoms with E-state index in [1.165, 1.54) is 82.4 Å². The number of aryl methyl sites for hydroxylation is 2. The molecule has 0 atom stereocenters. The molecule has 0 unspecified atom stereocenters. The Morgan fingerprint density at radius 2 is 0.826 bits per heavy atom. The summed E-state index contributed by atoms with van der Waals surface area (Å²) < 4.78 is 13.6. The number of benzene rings is 10. The van der Waals surface area contributed by atoms with Crippen molar-refractivity contribution in [2.75, 3.05) is 0 Å². The Morgan fingerprint density at radius 3 is 1.39 bits per heavy atom. The van der Waals surface area contributed by atoms with Crippen LogP contribution in [0.4, 0.5) is 0 Å². The van der Waals surface area contributed by atoms with Gasteiger partial charge < -0.3 is 18.1 Å². The zero-order valence-electron chi connectivity index (χ0n) is 37.6. The Labute approximate surface area is 397 Å². The first kappa shape index (κ1) is 39.1. The van der Waals surface area contributed by atoms with E-state index >= 15 is 0 Å². The third-order valence-corrected chi connectivity index (χ3v) is 14.4. The molecule has 0 aliphatic rings. The van der Waals surface area contributed by atoms with Gasteiger partial charge in [-0.3, -0.25) is 0 Å². The maximum atomic E-state index is 9.54. The minimum Gasteiger partial charge on any atom is -0.455 e. The van der Waals surface area contributed by atoms with Crippen LogP contribution in [0.2, 0.25) is 0 Å². The van der Waals surface area contributed by atoms with Crippen molar-refractivity contribution in [3.05, 3.63) is 235 Å². The molecule has 14 aromatic rings. The lowest BCUT2D eigenvalue weighted by Crippen LogP contribution is -1.97. The number of nitrogens with zero attached hydrogens (tertiary/aromatic N) is 4. The predicted octanol–water partition coefficient (Wildman–Crippen LogP) is 16.6. The van der Waals surface area contributed by atoms with E-state index in [-0.39, 0.29) is 0 Å². The van der Waals surface area contributed by atoms with E-state index in [9.17, 15) is 5.26 Å². The van der Waals surface area contributed by atoms with Crippen LogP contribution in [0.1, 0.15) is 23.1 Å². The predicted molar refractivity (Wildman–Crippen MR) is 285 cm³/mol. The number of furan rings is 1. The van der Waals surface area contributed by atoms with Gasteiger partial charge >= 0.3 is 0 Å². The molecule has 0 saturated heterocycles. The number of para-hydroxylation sites is 5. The first-order chi connectivity index (χ1) is 34.2. The molecule has 4 heterocycles. The van der Waals surface area contributed by atoms with E-state index in [1.54, 1.807) is 0 Å². The van der Waals surface area contributed by atoms with Crippen molar-refractivity contribution in [3.63, 3.8) is 0 Å². The van der Waals surface area contributed by atoms with Gasteiger partial charge in [-0.15, -0.1) is 0 Å². The van der Waals surface area contributed by atoms with Crippen molar-refractivity contribution in [2.45, 2.75) is 19.3 Å². The molecule has 5 nitrogen and oxygen atoms in total. The fraction of sp³-hybridized carbons (Fsp3) is 0.0469. The first-order valence-electron chi connectivity index (χ1n) is 23.8. The second-order valence-electron chi connectivity index (χ2n) is 18.3. The van der Waals surface area contributed by atoms with Gasteiger partial charge in [-0.2, -0.15) is 5.26 Å². The lowest BCUT2D eigenvalue weighted by atomic mass is 10.00. The van der Waals surface area contributed by atoms with Gasteiger partial charge in [-0.25, -0.2) is 0 Å². The van der Waals surface area contributed by atoms with Crippen LogP contribution < -0.4 is 0 Å². The lowest BCUT2D eigenvalue weighted by Gasteiger charge is -2.11. The highest BCUT2D eigenvalue weighted by Crippen LogP contribution is 2.41. The average Bonchev–Trinajstić information content (AvgIpc) is 4.15. The van der Waals surface area contributed by atoms with E-state index in [2.05, 4.69) is 220 Å². The smallest absolute Gasteiger partial charge is 0.143 e. The molecule has 0 saturated carbocycles. The van der Waals surface area contributed by atoms with E-state index in [1.807, 2.05) is 18.2 Å². The summed E-state index contributed by atoms with van der Waals surface area (Å²) in [6, 6.07) is 81.1. The lowest BCUT2D eigenvalue weighted by molar-refractivity contribution is 0.670. The van der Waals surface area contributed by atoms with Gasteiger partial charge in [-0.05, 0) is 133 Å². The number of hydrogen-bond acceptors (Lipinski definition) is 2. The van der Waals surface area contributed by atoms with Gasteiger partial charge in [0.1, 0.15) is 11.2 Å². The molecule has 0 N–H and O–H groups in total. The largest absolute Gasteiger partial charge is 0.455 e. The maximum Gasteiger partial charge on any atom is 0.143 e. The van der Waals surface area contributed by atoms with Crippen LogP contribution in [-0.2, 0) is 12.8 Å². The van der Waals surface area contributed by atoms with Crippen molar-refractivity contribution in [1.29, 1.82) is 5.26 Å². The fourth-order valence-corrected chi connectivity index (χ4v) is 11.2. The van der Waals surface area contributed by atoms with E-state index < -0.39 is 0 Å². The zero-order chi connectivity index (χ0) is 45.6. The van der Waals surface area contributed by atoms with E-state index in [0.29, 0.717) is 5.56 Å². The Balaban J connectivity index is 0.717. The Hall–Kier alpha value is -9.11. The van der Waals surface area contributed by atoms with Crippen molar-refractivity contribution in [3.8, 4) is 34.3 Å². The molecular formula is C64H42N4O. The second-order valence-corrected chi connectivity index (χ2v) is 18.3. The standard InChI is InChI=1S/C64H42N4O/c65-40-43-27-36-63-56(37-43)53-18-10-17-48(64(53)69-63)44-28-34-61-54(38-44)51-15-3-7-21-59(51)66(61)45-29-23-41(24-30-45)11-9-12-42-25-31-46(32-26-42)67-60-22-8-4-16-52(60)55-39-47(33-35-62(55)67)68-57-19-5-1-13-49(57)50-14-2-6-20-58(50)68/h1-8,10,13-39H,9,11-12H2. The topological polar surface area (TPSA) is 51.7 Å². The van der Waals surface area contributed by atoms with E-state index in [0.717, 1.165) is 63.5 Å². The van der Waals surface area contributed by atoms with Crippen LogP contribution in [0.25, 0.3) is 116 Å². The minimum atomic E-state index is 0.628. The quantitative estimate of drug-likeness (QED) is 0.153. The molecule has 10 aromatic carbocycles. The summed E-state index contributed by atoms with van der Waals surface area (Å²) in [5, 5.41) is 19.0. The molecular weight excluding hydrogens is 841 g/mol. The fourth-order valence-electron chi connectivity index (χ4n) is 11.2. The summed E-state index contributed by atoms with van der Waals surface area (Å²) in [5.74, 6) is 0. The monoisotopic (exact) mass is 882 g/mol. The third-order valence-electron chi connectivity index (χ3n) is 14.4. The highest BCUT2D eigenvalue weighted by molar-refractivity contribution is 6.14.